The van der Waals surface area contributed by atoms with Crippen LogP contribution in [-0.2, 0) is 4.57 Å². The zero-order valence-electron chi connectivity index (χ0n) is 5.99. The fourth-order valence-electron chi connectivity index (χ4n) is 0. The molecule has 0 atom stereocenters. The van der Waals surface area contributed by atoms with Crippen molar-refractivity contribution >= 4 is 20.2 Å². The Hall–Kier alpha value is 3.36. The Balaban J connectivity index is -0.00000000800. The molecule has 0 unspecified atom stereocenters. The molecule has 0 spiro atoms. The Labute approximate surface area is 131 Å². The van der Waals surface area contributed by atoms with Crippen molar-refractivity contribution in [2.45, 2.75) is 0 Å². The van der Waals surface area contributed by atoms with E-state index in [1.54, 1.807) is 0 Å². The van der Waals surface area contributed by atoms with E-state index in [2.05, 4.69) is 0 Å². The van der Waals surface area contributed by atoms with Gasteiger partial charge < -0.3 is 24.7 Å². The minimum absolute atomic E-state index is 0. The Kier molecular flexibility index (Phi) is 68.6. The monoisotopic (exact) mass is 218 g/mol. The van der Waals surface area contributed by atoms with Gasteiger partial charge in [0, 0.05) is 0 Å². The van der Waals surface area contributed by atoms with E-state index < -0.39 is 7.82 Å². The molecule has 0 aliphatic rings. The van der Waals surface area contributed by atoms with Crippen molar-refractivity contribution < 1.29 is 113 Å². The van der Waals surface area contributed by atoms with Crippen molar-refractivity contribution in [2.24, 2.45) is 0 Å². The molecule has 0 saturated heterocycles. The summed E-state index contributed by atoms with van der Waals surface area (Å²) in [4.78, 5) is 25.6. The molecule has 0 fully saturated rings. The van der Waals surface area contributed by atoms with Crippen LogP contribution in [0.5, 0.6) is 0 Å². The number of hydrogen-bond acceptors (Lipinski definition) is 4. The predicted octanol–water partition coefficient (Wildman–Crippen LogP) is -12.2. The van der Waals surface area contributed by atoms with Crippen LogP contribution in [-0.4, -0.2) is 5.48 Å². The van der Waals surface area contributed by atoms with Crippen LogP contribution in [0, 0.1) is 0 Å². The van der Waals surface area contributed by atoms with Crippen LogP contribution >= 0.6 is 20.2 Å². The Bertz CT molecular complexity index is 63.0. The van der Waals surface area contributed by atoms with Gasteiger partial charge in [-0.05, 0) is 0 Å². The van der Waals surface area contributed by atoms with Crippen molar-refractivity contribution in [1.29, 1.82) is 0 Å². The number of phosphoric acid groups is 1. The molecule has 5 nitrogen and oxygen atoms in total. The minimum atomic E-state index is -5.39. The summed E-state index contributed by atoms with van der Waals surface area (Å²) in [5.74, 6) is 0. The molecule has 0 aromatic heterocycles. The average Bonchev–Trinajstić information content (AvgIpc) is 0.722. The summed E-state index contributed by atoms with van der Waals surface area (Å²) in [5.41, 5.74) is 0. The molecule has 10 heavy (non-hydrogen) atoms. The Morgan fingerprint density at radius 1 is 0.900 bits per heavy atom. The van der Waals surface area contributed by atoms with Gasteiger partial charge in [0.05, 0.1) is 0 Å². The molecule has 2 N–H and O–H groups in total. The largest absolute Gasteiger partial charge is 1.00 e. The summed E-state index contributed by atoms with van der Waals surface area (Å²) in [6, 6.07) is 0. The molecule has 0 aromatic carbocycles. The third-order valence-electron chi connectivity index (χ3n) is 0. The number of rotatable bonds is 0. The normalized spacial score (nSPS) is 5.90. The molecule has 0 heterocycles. The van der Waals surface area contributed by atoms with E-state index in [1.165, 1.54) is 0 Å². The van der Waals surface area contributed by atoms with Gasteiger partial charge in [-0.15, -0.1) is 12.4 Å². The number of halogens is 1. The van der Waals surface area contributed by atoms with Crippen molar-refractivity contribution in [2.75, 3.05) is 0 Å². The van der Waals surface area contributed by atoms with Crippen molar-refractivity contribution in [3.63, 3.8) is 0 Å². The first-order valence-electron chi connectivity index (χ1n) is 0.730. The van der Waals surface area contributed by atoms with Gasteiger partial charge in [-0.2, -0.15) is 7.82 Å². The van der Waals surface area contributed by atoms with Crippen LogP contribution in [0.1, 0.15) is 0 Å². The molecular weight excluding hydrogens is 215 g/mol. The predicted molar refractivity (Wildman–Crippen MR) is 18.5 cm³/mol. The molecule has 0 amide bonds. The van der Waals surface area contributed by atoms with Crippen LogP contribution in [0.15, 0.2) is 0 Å². The standard InChI is InChI=1S/ClH.3Na.H3O4P.H2O/c;;;;1-5(2,3)4;/h1H;;;;(H3,1,2,3,4);1H2/q;3*+1;;/p-3. The van der Waals surface area contributed by atoms with E-state index in [-0.39, 0.29) is 107 Å². The third-order valence-corrected chi connectivity index (χ3v) is 0. The van der Waals surface area contributed by atoms with E-state index in [1.807, 2.05) is 0 Å². The molecule has 0 aliphatic heterocycles. The van der Waals surface area contributed by atoms with Gasteiger partial charge in [-0.25, -0.2) is 0 Å². The molecule has 0 aromatic rings. The zero-order valence-corrected chi connectivity index (χ0v) is 13.7. The first-order valence-corrected chi connectivity index (χ1v) is 2.19. The Morgan fingerprint density at radius 3 is 0.900 bits per heavy atom. The van der Waals surface area contributed by atoms with E-state index in [0.717, 1.165) is 0 Å². The Morgan fingerprint density at radius 2 is 0.900 bits per heavy atom. The smallest absolute Gasteiger partial charge is 0.822 e. The molecule has 0 radical (unpaired) electrons. The van der Waals surface area contributed by atoms with Crippen LogP contribution in [0.4, 0.5) is 0 Å². The van der Waals surface area contributed by atoms with E-state index >= 15 is 0 Å². The van der Waals surface area contributed by atoms with Gasteiger partial charge in [0.15, 0.2) is 0 Å². The number of hydrogen-bond donors (Lipinski definition) is 0. The molecule has 10 heteroatoms. The average molecular weight is 218 g/mol. The maximum Gasteiger partial charge on any atom is 1.00 e. The van der Waals surface area contributed by atoms with Crippen LogP contribution in [0.25, 0.3) is 0 Å². The molecule has 0 aliphatic carbocycles. The van der Waals surface area contributed by atoms with Crippen molar-refractivity contribution in [3.05, 3.63) is 0 Å². The first-order chi connectivity index (χ1) is 2.00. The van der Waals surface area contributed by atoms with Gasteiger partial charge in [0.1, 0.15) is 0 Å². The fourth-order valence-corrected chi connectivity index (χ4v) is 0. The van der Waals surface area contributed by atoms with E-state index in [9.17, 15) is 0 Å². The van der Waals surface area contributed by atoms with Gasteiger partial charge in [-0.3, -0.25) is 0 Å². The van der Waals surface area contributed by atoms with Crippen molar-refractivity contribution in [1.82, 2.24) is 0 Å². The summed E-state index contributed by atoms with van der Waals surface area (Å²) in [5, 5.41) is 0. The maximum atomic E-state index is 8.55. The van der Waals surface area contributed by atoms with Gasteiger partial charge in [0.2, 0.25) is 0 Å². The van der Waals surface area contributed by atoms with Gasteiger partial charge in [-0.1, -0.05) is 0 Å². The van der Waals surface area contributed by atoms with Gasteiger partial charge in [0.25, 0.3) is 0 Å². The SMILES string of the molecule is Cl.O.O=P([O-])([O-])[O-].[Na+].[Na+].[Na+]. The quantitative estimate of drug-likeness (QED) is 0.296. The van der Waals surface area contributed by atoms with E-state index in [0.29, 0.717) is 0 Å². The third kappa shape index (κ3) is 108. The van der Waals surface area contributed by atoms with Crippen LogP contribution in [0.2, 0.25) is 0 Å². The molecular formula is H3ClNa3O5P. The fraction of sp³-hybridized carbons (Fsp3) is 0. The van der Waals surface area contributed by atoms with Gasteiger partial charge >= 0.3 is 88.7 Å². The summed E-state index contributed by atoms with van der Waals surface area (Å²) >= 11 is 0. The molecule has 0 rings (SSSR count). The van der Waals surface area contributed by atoms with E-state index in [4.69, 9.17) is 19.2 Å². The molecule has 0 bridgehead atoms. The van der Waals surface area contributed by atoms with Crippen LogP contribution in [0.3, 0.4) is 0 Å². The summed E-state index contributed by atoms with van der Waals surface area (Å²) < 4.78 is 8.55. The second-order valence-electron chi connectivity index (χ2n) is 0.447. The molecule has 0 saturated carbocycles. The second kappa shape index (κ2) is 18.2. The van der Waals surface area contributed by atoms with Crippen LogP contribution < -0.4 is 103 Å². The second-order valence-corrected chi connectivity index (χ2v) is 1.34. The topological polar surface area (TPSA) is 118 Å². The minimum Gasteiger partial charge on any atom is -0.822 e. The summed E-state index contributed by atoms with van der Waals surface area (Å²) in [6.07, 6.45) is 0. The molecule has 48 valence electrons. The maximum absolute atomic E-state index is 8.55. The first kappa shape index (κ1) is 37.7. The zero-order chi connectivity index (χ0) is 4.50. The summed E-state index contributed by atoms with van der Waals surface area (Å²) in [7, 11) is -5.39. The van der Waals surface area contributed by atoms with Crippen molar-refractivity contribution in [3.8, 4) is 0 Å². The summed E-state index contributed by atoms with van der Waals surface area (Å²) in [6.45, 7) is 0.